The van der Waals surface area contributed by atoms with Gasteiger partial charge in [-0.2, -0.15) is 0 Å². The van der Waals surface area contributed by atoms with Crippen LogP contribution in [0.5, 0.6) is 5.75 Å². The van der Waals surface area contributed by atoms with Crippen LogP contribution < -0.4 is 4.74 Å². The Labute approximate surface area is 116 Å². The van der Waals surface area contributed by atoms with Crippen molar-refractivity contribution in [1.82, 2.24) is 4.98 Å². The highest BCUT2D eigenvalue weighted by atomic mass is 19.1. The first-order chi connectivity index (χ1) is 9.72. The number of benzene rings is 2. The summed E-state index contributed by atoms with van der Waals surface area (Å²) in [5, 5.41) is 1.07. The van der Waals surface area contributed by atoms with Gasteiger partial charge in [0.25, 0.3) is 0 Å². The highest BCUT2D eigenvalue weighted by molar-refractivity contribution is 5.78. The summed E-state index contributed by atoms with van der Waals surface area (Å²) in [6, 6.07) is 14.8. The molecule has 0 fully saturated rings. The van der Waals surface area contributed by atoms with E-state index < -0.39 is 0 Å². The average molecular weight is 267 g/mol. The van der Waals surface area contributed by atoms with E-state index in [1.807, 2.05) is 30.3 Å². The van der Waals surface area contributed by atoms with Crippen LogP contribution in [0.15, 0.2) is 54.7 Å². The fourth-order valence-corrected chi connectivity index (χ4v) is 2.04. The molecule has 100 valence electrons. The third kappa shape index (κ3) is 2.62. The summed E-state index contributed by atoms with van der Waals surface area (Å²) in [6.07, 6.45) is 1.77. The first-order valence-corrected chi connectivity index (χ1v) is 6.45. The molecule has 0 aliphatic rings. The second kappa shape index (κ2) is 5.29. The van der Waals surface area contributed by atoms with Gasteiger partial charge in [0.1, 0.15) is 18.2 Å². The molecular formula is C17H14FNO. The highest BCUT2D eigenvalue weighted by Gasteiger charge is 2.02. The Kier molecular flexibility index (Phi) is 3.33. The van der Waals surface area contributed by atoms with Crippen molar-refractivity contribution in [3.8, 4) is 5.75 Å². The second-order valence-electron chi connectivity index (χ2n) is 4.73. The molecule has 20 heavy (non-hydrogen) atoms. The predicted octanol–water partition coefficient (Wildman–Crippen LogP) is 4.26. The van der Waals surface area contributed by atoms with Crippen LogP contribution in [0, 0.1) is 12.7 Å². The van der Waals surface area contributed by atoms with Gasteiger partial charge in [0.15, 0.2) is 0 Å². The van der Waals surface area contributed by atoms with Crippen molar-refractivity contribution in [3.05, 3.63) is 71.7 Å². The van der Waals surface area contributed by atoms with Gasteiger partial charge in [-0.1, -0.05) is 18.2 Å². The molecule has 0 spiro atoms. The summed E-state index contributed by atoms with van der Waals surface area (Å²) in [6.45, 7) is 2.14. The van der Waals surface area contributed by atoms with Crippen molar-refractivity contribution in [2.24, 2.45) is 0 Å². The van der Waals surface area contributed by atoms with Crippen molar-refractivity contribution >= 4 is 10.9 Å². The Hall–Kier alpha value is -2.42. The first-order valence-electron chi connectivity index (χ1n) is 6.45. The minimum atomic E-state index is -0.245. The number of hydrogen-bond acceptors (Lipinski definition) is 2. The average Bonchev–Trinajstić information content (AvgIpc) is 2.48. The van der Waals surface area contributed by atoms with Crippen LogP contribution in [0.3, 0.4) is 0 Å². The number of fused-ring (bicyclic) bond motifs is 1. The van der Waals surface area contributed by atoms with E-state index in [-0.39, 0.29) is 5.82 Å². The third-order valence-electron chi connectivity index (χ3n) is 3.22. The molecule has 0 N–H and O–H groups in total. The van der Waals surface area contributed by atoms with Crippen molar-refractivity contribution < 1.29 is 9.13 Å². The molecule has 0 bridgehead atoms. The monoisotopic (exact) mass is 267 g/mol. The number of hydrogen-bond donors (Lipinski definition) is 0. The van der Waals surface area contributed by atoms with E-state index in [1.165, 1.54) is 6.07 Å². The standard InChI is InChI=1S/C17H14FNO/c1-12-4-6-15(10-16(12)18)20-11-13-5-7-17-14(9-13)3-2-8-19-17/h2-10H,11H2,1H3. The maximum absolute atomic E-state index is 13.4. The lowest BCUT2D eigenvalue weighted by molar-refractivity contribution is 0.304. The summed E-state index contributed by atoms with van der Waals surface area (Å²) < 4.78 is 19.0. The number of pyridine rings is 1. The molecule has 0 aliphatic heterocycles. The van der Waals surface area contributed by atoms with Gasteiger partial charge in [-0.3, -0.25) is 4.98 Å². The van der Waals surface area contributed by atoms with Crippen LogP contribution in [-0.4, -0.2) is 4.98 Å². The van der Waals surface area contributed by atoms with E-state index in [9.17, 15) is 4.39 Å². The minimum Gasteiger partial charge on any atom is -0.489 e. The zero-order valence-corrected chi connectivity index (χ0v) is 11.1. The van der Waals surface area contributed by atoms with E-state index in [0.29, 0.717) is 17.9 Å². The van der Waals surface area contributed by atoms with Crippen LogP contribution in [0.25, 0.3) is 10.9 Å². The lowest BCUT2D eigenvalue weighted by atomic mass is 10.1. The van der Waals surface area contributed by atoms with Crippen LogP contribution >= 0.6 is 0 Å². The molecule has 3 rings (SSSR count). The lowest BCUT2D eigenvalue weighted by Crippen LogP contribution is -1.96. The molecule has 0 unspecified atom stereocenters. The molecule has 2 aromatic carbocycles. The second-order valence-corrected chi connectivity index (χ2v) is 4.73. The summed E-state index contributed by atoms with van der Waals surface area (Å²) >= 11 is 0. The van der Waals surface area contributed by atoms with Gasteiger partial charge in [-0.05, 0) is 42.3 Å². The van der Waals surface area contributed by atoms with Gasteiger partial charge in [-0.15, -0.1) is 0 Å². The number of halogens is 1. The number of aromatic nitrogens is 1. The summed E-state index contributed by atoms with van der Waals surface area (Å²) in [7, 11) is 0. The molecule has 0 saturated heterocycles. The van der Waals surface area contributed by atoms with E-state index >= 15 is 0 Å². The number of nitrogens with zero attached hydrogens (tertiary/aromatic N) is 1. The summed E-state index contributed by atoms with van der Waals surface area (Å²) in [5.74, 6) is 0.296. The van der Waals surface area contributed by atoms with Crippen molar-refractivity contribution in [3.63, 3.8) is 0 Å². The quantitative estimate of drug-likeness (QED) is 0.707. The molecule has 0 amide bonds. The van der Waals surface area contributed by atoms with Gasteiger partial charge in [0, 0.05) is 17.6 Å². The zero-order valence-electron chi connectivity index (χ0n) is 11.1. The minimum absolute atomic E-state index is 0.245. The normalized spacial score (nSPS) is 10.7. The van der Waals surface area contributed by atoms with Crippen molar-refractivity contribution in [2.75, 3.05) is 0 Å². The largest absolute Gasteiger partial charge is 0.489 e. The van der Waals surface area contributed by atoms with Gasteiger partial charge < -0.3 is 4.74 Å². The predicted molar refractivity (Wildman–Crippen MR) is 77.2 cm³/mol. The van der Waals surface area contributed by atoms with E-state index in [2.05, 4.69) is 4.98 Å². The Balaban J connectivity index is 1.77. The van der Waals surface area contributed by atoms with Crippen molar-refractivity contribution in [1.29, 1.82) is 0 Å². The van der Waals surface area contributed by atoms with E-state index in [1.54, 1.807) is 25.3 Å². The molecule has 0 radical (unpaired) electrons. The zero-order chi connectivity index (χ0) is 13.9. The lowest BCUT2D eigenvalue weighted by Gasteiger charge is -2.08. The van der Waals surface area contributed by atoms with Crippen LogP contribution in [-0.2, 0) is 6.61 Å². The van der Waals surface area contributed by atoms with Crippen molar-refractivity contribution in [2.45, 2.75) is 13.5 Å². The maximum Gasteiger partial charge on any atom is 0.129 e. The van der Waals surface area contributed by atoms with E-state index in [0.717, 1.165) is 16.5 Å². The molecule has 1 aromatic heterocycles. The SMILES string of the molecule is Cc1ccc(OCc2ccc3ncccc3c2)cc1F. The van der Waals surface area contributed by atoms with Crippen LogP contribution in [0.4, 0.5) is 4.39 Å². The van der Waals surface area contributed by atoms with Gasteiger partial charge in [0.2, 0.25) is 0 Å². The summed E-state index contributed by atoms with van der Waals surface area (Å²) in [4.78, 5) is 4.27. The smallest absolute Gasteiger partial charge is 0.129 e. The van der Waals surface area contributed by atoms with E-state index in [4.69, 9.17) is 4.74 Å². The third-order valence-corrected chi connectivity index (χ3v) is 3.22. The number of aryl methyl sites for hydroxylation is 1. The Morgan fingerprint density at radius 3 is 2.85 bits per heavy atom. The molecule has 2 nitrogen and oxygen atoms in total. The molecule has 3 heteroatoms. The first kappa shape index (κ1) is 12.6. The van der Waals surface area contributed by atoms with Gasteiger partial charge >= 0.3 is 0 Å². The molecule has 3 aromatic rings. The van der Waals surface area contributed by atoms with Crippen LogP contribution in [0.1, 0.15) is 11.1 Å². The number of ether oxygens (including phenoxy) is 1. The highest BCUT2D eigenvalue weighted by Crippen LogP contribution is 2.19. The Morgan fingerprint density at radius 2 is 2.00 bits per heavy atom. The maximum atomic E-state index is 13.4. The van der Waals surface area contributed by atoms with Gasteiger partial charge in [-0.25, -0.2) is 4.39 Å². The topological polar surface area (TPSA) is 22.1 Å². The molecule has 0 aliphatic carbocycles. The number of rotatable bonds is 3. The fraction of sp³-hybridized carbons (Fsp3) is 0.118. The Morgan fingerprint density at radius 1 is 1.10 bits per heavy atom. The molecule has 1 heterocycles. The molecule has 0 atom stereocenters. The van der Waals surface area contributed by atoms with Gasteiger partial charge in [0.05, 0.1) is 5.52 Å². The fourth-order valence-electron chi connectivity index (χ4n) is 2.04. The summed E-state index contributed by atoms with van der Waals surface area (Å²) in [5.41, 5.74) is 2.61. The Bertz CT molecular complexity index is 755. The molecule has 0 saturated carbocycles. The van der Waals surface area contributed by atoms with Crippen LogP contribution in [0.2, 0.25) is 0 Å². The molecular weight excluding hydrogens is 253 g/mol.